The molecule has 0 aliphatic carbocycles. The number of benzene rings is 1. The summed E-state index contributed by atoms with van der Waals surface area (Å²) in [6.07, 6.45) is -4.13. The van der Waals surface area contributed by atoms with Gasteiger partial charge in [0.1, 0.15) is 0 Å². The number of nitro groups is 1. The van der Waals surface area contributed by atoms with Gasteiger partial charge in [0.05, 0.1) is 15.4 Å². The average molecular weight is 418 g/mol. The smallest absolute Gasteiger partial charge is 0.328 e. The van der Waals surface area contributed by atoms with Crippen molar-refractivity contribution in [2.75, 3.05) is 13.1 Å². The highest BCUT2D eigenvalue weighted by Crippen LogP contribution is 2.38. The summed E-state index contributed by atoms with van der Waals surface area (Å²) >= 11 is 0. The Morgan fingerprint density at radius 1 is 1.31 bits per heavy atom. The summed E-state index contributed by atoms with van der Waals surface area (Å²) < 4.78 is 66.0. The quantitative estimate of drug-likeness (QED) is 0.598. The third-order valence-electron chi connectivity index (χ3n) is 4.34. The molecule has 148 valence electrons. The van der Waals surface area contributed by atoms with Crippen molar-refractivity contribution in [1.29, 1.82) is 0 Å². The monoisotopic (exact) mass is 417 g/mol. The van der Waals surface area contributed by atoms with E-state index in [0.29, 0.717) is 18.9 Å². The van der Waals surface area contributed by atoms with E-state index >= 15 is 0 Å². The highest BCUT2D eigenvalue weighted by molar-refractivity contribution is 7.89. The molecule has 7 nitrogen and oxygen atoms in total. The minimum absolute atomic E-state index is 0. The van der Waals surface area contributed by atoms with Gasteiger partial charge >= 0.3 is 6.18 Å². The summed E-state index contributed by atoms with van der Waals surface area (Å²) in [5, 5.41) is 10.7. The van der Waals surface area contributed by atoms with Crippen LogP contribution in [0.15, 0.2) is 23.1 Å². The first-order valence-electron chi connectivity index (χ1n) is 7.56. The minimum Gasteiger partial charge on any atom is -0.328 e. The van der Waals surface area contributed by atoms with E-state index in [2.05, 4.69) is 0 Å². The predicted molar refractivity (Wildman–Crippen MR) is 90.5 cm³/mol. The van der Waals surface area contributed by atoms with Gasteiger partial charge in [-0.25, -0.2) is 8.42 Å². The number of nitrogens with zero attached hydrogens (tertiary/aromatic N) is 2. The number of non-ortho nitro benzene ring substituents is 1. The Bertz CT molecular complexity index is 763. The number of nitrogens with two attached hydrogens (primary N) is 1. The van der Waals surface area contributed by atoms with Crippen LogP contribution in [0, 0.1) is 16.0 Å². The van der Waals surface area contributed by atoms with Crippen LogP contribution in [0.1, 0.15) is 25.3 Å². The molecular weight excluding hydrogens is 399 g/mol. The molecule has 1 aliphatic rings. The molecular formula is C14H19ClF3N3O4S. The lowest BCUT2D eigenvalue weighted by molar-refractivity contribution is -0.385. The van der Waals surface area contributed by atoms with E-state index in [1.54, 1.807) is 6.92 Å². The van der Waals surface area contributed by atoms with Gasteiger partial charge in [-0.3, -0.25) is 10.1 Å². The Kier molecular flexibility index (Phi) is 7.02. The van der Waals surface area contributed by atoms with Crippen LogP contribution >= 0.6 is 12.4 Å². The van der Waals surface area contributed by atoms with Gasteiger partial charge in [-0.15, -0.1) is 12.4 Å². The van der Waals surface area contributed by atoms with E-state index < -0.39 is 37.3 Å². The number of hydrogen-bond acceptors (Lipinski definition) is 5. The van der Waals surface area contributed by atoms with Crippen molar-refractivity contribution in [1.82, 2.24) is 4.31 Å². The molecule has 1 unspecified atom stereocenters. The van der Waals surface area contributed by atoms with Gasteiger partial charge in [0.2, 0.25) is 10.0 Å². The van der Waals surface area contributed by atoms with Gasteiger partial charge in [0, 0.05) is 31.3 Å². The normalized spacial score (nSPS) is 18.2. The Hall–Kier alpha value is -1.43. The average Bonchev–Trinajstić information content (AvgIpc) is 2.53. The van der Waals surface area contributed by atoms with Gasteiger partial charge < -0.3 is 5.73 Å². The molecule has 1 fully saturated rings. The second kappa shape index (κ2) is 8.07. The summed E-state index contributed by atoms with van der Waals surface area (Å²) in [5.41, 5.74) is 3.43. The molecule has 2 rings (SSSR count). The second-order valence-corrected chi connectivity index (χ2v) is 7.94. The third-order valence-corrected chi connectivity index (χ3v) is 6.30. The number of piperidine rings is 1. The lowest BCUT2D eigenvalue weighted by Gasteiger charge is -2.33. The number of hydrogen-bond donors (Lipinski definition) is 1. The molecule has 0 saturated carbocycles. The Morgan fingerprint density at radius 2 is 1.85 bits per heavy atom. The first-order chi connectivity index (χ1) is 11.4. The molecule has 1 aliphatic heterocycles. The fourth-order valence-corrected chi connectivity index (χ4v) is 4.52. The zero-order valence-electron chi connectivity index (χ0n) is 13.8. The van der Waals surface area contributed by atoms with Crippen molar-refractivity contribution in [2.24, 2.45) is 11.7 Å². The SMILES string of the molecule is CC(N)C1CCN(S(=O)(=O)c2ccc([N+](=O)[O-])cc2C(F)(F)F)CC1.Cl. The van der Waals surface area contributed by atoms with E-state index in [1.807, 2.05) is 0 Å². The first-order valence-corrected chi connectivity index (χ1v) is 9.00. The van der Waals surface area contributed by atoms with Gasteiger partial charge in [-0.1, -0.05) is 0 Å². The van der Waals surface area contributed by atoms with E-state index in [1.165, 1.54) is 0 Å². The van der Waals surface area contributed by atoms with Gasteiger partial charge in [-0.05, 0) is 31.7 Å². The maximum Gasteiger partial charge on any atom is 0.417 e. The van der Waals surface area contributed by atoms with Gasteiger partial charge in [0.25, 0.3) is 5.69 Å². The van der Waals surface area contributed by atoms with Crippen LogP contribution in [0.4, 0.5) is 18.9 Å². The molecule has 1 aromatic carbocycles. The minimum atomic E-state index is -5.03. The summed E-state index contributed by atoms with van der Waals surface area (Å²) in [5.74, 6) is 0.102. The fourth-order valence-electron chi connectivity index (χ4n) is 2.86. The van der Waals surface area contributed by atoms with Crippen LogP contribution in [0.3, 0.4) is 0 Å². The van der Waals surface area contributed by atoms with E-state index in [-0.39, 0.29) is 43.5 Å². The third kappa shape index (κ3) is 4.64. The Balaban J connectivity index is 0.00000338. The van der Waals surface area contributed by atoms with Crippen LogP contribution in [-0.2, 0) is 16.2 Å². The molecule has 0 spiro atoms. The molecule has 1 heterocycles. The molecule has 2 N–H and O–H groups in total. The van der Waals surface area contributed by atoms with Gasteiger partial charge in [-0.2, -0.15) is 17.5 Å². The van der Waals surface area contributed by atoms with Crippen LogP contribution < -0.4 is 5.73 Å². The van der Waals surface area contributed by atoms with E-state index in [9.17, 15) is 31.7 Å². The summed E-state index contributed by atoms with van der Waals surface area (Å²) in [6.45, 7) is 1.92. The maximum absolute atomic E-state index is 13.2. The molecule has 0 aromatic heterocycles. The lowest BCUT2D eigenvalue weighted by atomic mass is 9.92. The van der Waals surface area contributed by atoms with Crippen LogP contribution in [0.25, 0.3) is 0 Å². The number of nitro benzene ring substituents is 1. The zero-order chi connectivity index (χ0) is 19.0. The van der Waals surface area contributed by atoms with Crippen molar-refractivity contribution in [2.45, 2.75) is 36.9 Å². The molecule has 1 atom stereocenters. The lowest BCUT2D eigenvalue weighted by Crippen LogP contribution is -2.42. The summed E-state index contributed by atoms with van der Waals surface area (Å²) in [4.78, 5) is 8.74. The topological polar surface area (TPSA) is 107 Å². The van der Waals surface area contributed by atoms with Crippen molar-refractivity contribution in [3.05, 3.63) is 33.9 Å². The van der Waals surface area contributed by atoms with Gasteiger partial charge in [0.15, 0.2) is 0 Å². The maximum atomic E-state index is 13.2. The van der Waals surface area contributed by atoms with Crippen molar-refractivity contribution in [3.8, 4) is 0 Å². The van der Waals surface area contributed by atoms with E-state index in [4.69, 9.17) is 5.73 Å². The van der Waals surface area contributed by atoms with Crippen LogP contribution in [0.2, 0.25) is 0 Å². The summed E-state index contributed by atoms with van der Waals surface area (Å²) in [7, 11) is -4.42. The van der Waals surface area contributed by atoms with Crippen molar-refractivity contribution >= 4 is 28.1 Å². The van der Waals surface area contributed by atoms with Crippen LogP contribution in [0.5, 0.6) is 0 Å². The fraction of sp³-hybridized carbons (Fsp3) is 0.571. The Labute approximate surface area is 155 Å². The largest absolute Gasteiger partial charge is 0.417 e. The molecule has 0 amide bonds. The molecule has 26 heavy (non-hydrogen) atoms. The highest BCUT2D eigenvalue weighted by atomic mass is 35.5. The molecule has 1 saturated heterocycles. The summed E-state index contributed by atoms with van der Waals surface area (Å²) in [6, 6.07) is 1.53. The van der Waals surface area contributed by atoms with Crippen molar-refractivity contribution in [3.63, 3.8) is 0 Å². The molecule has 0 radical (unpaired) electrons. The second-order valence-electron chi connectivity index (χ2n) is 6.04. The number of rotatable bonds is 4. The number of alkyl halides is 3. The molecule has 12 heteroatoms. The van der Waals surface area contributed by atoms with E-state index in [0.717, 1.165) is 10.4 Å². The zero-order valence-corrected chi connectivity index (χ0v) is 15.4. The Morgan fingerprint density at radius 3 is 2.27 bits per heavy atom. The van der Waals surface area contributed by atoms with Crippen LogP contribution in [-0.4, -0.2) is 36.8 Å². The number of sulfonamides is 1. The standard InChI is InChI=1S/C14H18F3N3O4S.ClH/c1-9(18)10-4-6-19(7-5-10)25(23,24)13-3-2-11(20(21)22)8-12(13)14(15,16)17;/h2-3,8-10H,4-7,18H2,1H3;1H. The number of halogens is 4. The predicted octanol–water partition coefficient (Wildman–Crippen LogP) is 2.78. The first kappa shape index (κ1) is 22.6. The molecule has 1 aromatic rings. The highest BCUT2D eigenvalue weighted by Gasteiger charge is 2.41. The van der Waals surface area contributed by atoms with Crippen molar-refractivity contribution < 1.29 is 26.5 Å². The molecule has 0 bridgehead atoms.